The number of ketones is 1. The van der Waals surface area contributed by atoms with E-state index < -0.39 is 22.7 Å². The first-order valence-electron chi connectivity index (χ1n) is 10.6. The monoisotopic (exact) mass is 448 g/mol. The lowest BCUT2D eigenvalue weighted by atomic mass is 9.69. The highest BCUT2D eigenvalue weighted by atomic mass is 16.6. The van der Waals surface area contributed by atoms with E-state index in [1.54, 1.807) is 26.2 Å². The molecule has 0 aromatic heterocycles. The molecule has 3 atom stereocenters. The van der Waals surface area contributed by atoms with Crippen molar-refractivity contribution < 1.29 is 24.0 Å². The minimum atomic E-state index is -0.822. The fraction of sp³-hybridized carbons (Fsp3) is 0.320. The van der Waals surface area contributed by atoms with E-state index in [1.165, 1.54) is 19.2 Å². The highest BCUT2D eigenvalue weighted by Crippen LogP contribution is 2.47. The van der Waals surface area contributed by atoms with Gasteiger partial charge in [0.15, 0.2) is 5.78 Å². The SMILES string of the molecule is COC(=O)C1C(C)=NC2=C(C(=O)C[C@H](c3ccc(OC)cc3)C2)[C@@H]1c1cccc([N+](=O)[O-])c1. The van der Waals surface area contributed by atoms with E-state index in [1.807, 2.05) is 24.3 Å². The molecule has 33 heavy (non-hydrogen) atoms. The molecule has 1 unspecified atom stereocenters. The van der Waals surface area contributed by atoms with Crippen LogP contribution in [0.2, 0.25) is 0 Å². The van der Waals surface area contributed by atoms with E-state index in [-0.39, 0.29) is 23.8 Å². The zero-order chi connectivity index (χ0) is 23.7. The molecule has 0 bridgehead atoms. The Hall–Kier alpha value is -3.81. The van der Waals surface area contributed by atoms with Gasteiger partial charge in [0.25, 0.3) is 5.69 Å². The van der Waals surface area contributed by atoms with Gasteiger partial charge in [-0.05, 0) is 42.5 Å². The van der Waals surface area contributed by atoms with Crippen LogP contribution in [0, 0.1) is 16.0 Å². The number of nitro groups is 1. The van der Waals surface area contributed by atoms with Gasteiger partial charge in [-0.3, -0.25) is 24.7 Å². The molecule has 1 heterocycles. The van der Waals surface area contributed by atoms with Crippen LogP contribution >= 0.6 is 0 Å². The van der Waals surface area contributed by atoms with Crippen molar-refractivity contribution in [3.05, 3.63) is 81.0 Å². The number of Topliss-reactive ketones (excluding diaryl/α,β-unsaturated/α-hetero) is 1. The molecule has 0 amide bonds. The Labute approximate surface area is 191 Å². The number of carbonyl (C=O) groups is 2. The number of nitro benzene ring substituents is 1. The predicted octanol–water partition coefficient (Wildman–Crippen LogP) is 4.35. The second kappa shape index (κ2) is 8.97. The molecule has 8 nitrogen and oxygen atoms in total. The molecule has 0 saturated heterocycles. The fourth-order valence-electron chi connectivity index (χ4n) is 4.80. The number of nitrogens with zero attached hydrogens (tertiary/aromatic N) is 2. The average Bonchev–Trinajstić information content (AvgIpc) is 2.82. The molecule has 0 radical (unpaired) electrons. The number of ether oxygens (including phenoxy) is 2. The van der Waals surface area contributed by atoms with Crippen LogP contribution < -0.4 is 4.74 Å². The van der Waals surface area contributed by atoms with Crippen molar-refractivity contribution >= 4 is 23.2 Å². The van der Waals surface area contributed by atoms with Gasteiger partial charge >= 0.3 is 5.97 Å². The van der Waals surface area contributed by atoms with Gasteiger partial charge in [0.2, 0.25) is 0 Å². The summed E-state index contributed by atoms with van der Waals surface area (Å²) in [4.78, 5) is 41.7. The van der Waals surface area contributed by atoms with Crippen molar-refractivity contribution in [3.8, 4) is 5.75 Å². The van der Waals surface area contributed by atoms with E-state index in [9.17, 15) is 19.7 Å². The Morgan fingerprint density at radius 1 is 1.09 bits per heavy atom. The number of non-ortho nitro benzene ring substituents is 1. The minimum absolute atomic E-state index is 0.0563. The lowest BCUT2D eigenvalue weighted by molar-refractivity contribution is -0.384. The largest absolute Gasteiger partial charge is 0.497 e. The summed E-state index contributed by atoms with van der Waals surface area (Å²) in [6, 6.07) is 13.7. The lowest BCUT2D eigenvalue weighted by Crippen LogP contribution is -2.37. The highest BCUT2D eigenvalue weighted by molar-refractivity contribution is 6.09. The molecule has 170 valence electrons. The summed E-state index contributed by atoms with van der Waals surface area (Å²) in [5, 5.41) is 11.4. The number of allylic oxidation sites excluding steroid dienone is 2. The normalized spacial score (nSPS) is 22.3. The molecular weight excluding hydrogens is 424 g/mol. The number of methoxy groups -OCH3 is 2. The molecule has 0 spiro atoms. The minimum Gasteiger partial charge on any atom is -0.497 e. The smallest absolute Gasteiger partial charge is 0.315 e. The first-order chi connectivity index (χ1) is 15.8. The second-order valence-corrected chi connectivity index (χ2v) is 8.25. The topological polar surface area (TPSA) is 108 Å². The summed E-state index contributed by atoms with van der Waals surface area (Å²) in [7, 11) is 2.88. The van der Waals surface area contributed by atoms with Crippen LogP contribution in [0.15, 0.2) is 64.8 Å². The Morgan fingerprint density at radius 2 is 1.82 bits per heavy atom. The zero-order valence-electron chi connectivity index (χ0n) is 18.6. The van der Waals surface area contributed by atoms with Gasteiger partial charge in [-0.1, -0.05) is 24.3 Å². The Kier molecular flexibility index (Phi) is 6.09. The van der Waals surface area contributed by atoms with Gasteiger partial charge in [-0.2, -0.15) is 0 Å². The Bertz CT molecular complexity index is 1180. The van der Waals surface area contributed by atoms with Crippen LogP contribution in [0.3, 0.4) is 0 Å². The maximum absolute atomic E-state index is 13.5. The standard InChI is InChI=1S/C25H24N2O6/c1-14-22(25(29)33-3)23(16-5-4-6-18(11-16)27(30)31)24-20(26-14)12-17(13-21(24)28)15-7-9-19(32-2)10-8-15/h4-11,17,22-23H,12-13H2,1-3H3/t17-,22?,23-/m1/s1. The summed E-state index contributed by atoms with van der Waals surface area (Å²) >= 11 is 0. The van der Waals surface area contributed by atoms with Gasteiger partial charge in [0.1, 0.15) is 11.7 Å². The van der Waals surface area contributed by atoms with Crippen molar-refractivity contribution in [2.75, 3.05) is 14.2 Å². The summed E-state index contributed by atoms with van der Waals surface area (Å²) in [5.74, 6) is -1.47. The molecule has 8 heteroatoms. The summed E-state index contributed by atoms with van der Waals surface area (Å²) in [6.45, 7) is 1.73. The van der Waals surface area contributed by atoms with Crippen molar-refractivity contribution in [1.29, 1.82) is 0 Å². The number of rotatable bonds is 5. The van der Waals surface area contributed by atoms with Crippen molar-refractivity contribution in [2.45, 2.75) is 31.6 Å². The predicted molar refractivity (Wildman–Crippen MR) is 121 cm³/mol. The number of carbonyl (C=O) groups excluding carboxylic acids is 2. The zero-order valence-corrected chi connectivity index (χ0v) is 18.6. The van der Waals surface area contributed by atoms with E-state index in [0.717, 1.165) is 11.3 Å². The third kappa shape index (κ3) is 4.16. The van der Waals surface area contributed by atoms with E-state index >= 15 is 0 Å². The Morgan fingerprint density at radius 3 is 2.45 bits per heavy atom. The van der Waals surface area contributed by atoms with Crippen molar-refractivity contribution in [2.24, 2.45) is 10.9 Å². The molecule has 1 aliphatic heterocycles. The molecule has 0 N–H and O–H groups in total. The molecule has 2 aliphatic rings. The first-order valence-corrected chi connectivity index (χ1v) is 10.6. The molecule has 4 rings (SSSR count). The number of aliphatic imine (C=N–C) groups is 1. The second-order valence-electron chi connectivity index (χ2n) is 8.25. The van der Waals surface area contributed by atoms with Gasteiger partial charge < -0.3 is 9.47 Å². The van der Waals surface area contributed by atoms with Crippen LogP contribution in [-0.4, -0.2) is 36.6 Å². The van der Waals surface area contributed by atoms with E-state index in [0.29, 0.717) is 29.0 Å². The number of benzene rings is 2. The summed E-state index contributed by atoms with van der Waals surface area (Å²) < 4.78 is 10.2. The van der Waals surface area contributed by atoms with E-state index in [2.05, 4.69) is 4.99 Å². The van der Waals surface area contributed by atoms with E-state index in [4.69, 9.17) is 9.47 Å². The maximum atomic E-state index is 13.5. The number of hydrogen-bond donors (Lipinski definition) is 0. The maximum Gasteiger partial charge on any atom is 0.315 e. The highest BCUT2D eigenvalue weighted by Gasteiger charge is 2.44. The third-order valence-corrected chi connectivity index (χ3v) is 6.37. The van der Waals surface area contributed by atoms with Gasteiger partial charge in [0.05, 0.1) is 19.1 Å². The van der Waals surface area contributed by atoms with Gasteiger partial charge in [-0.15, -0.1) is 0 Å². The molecule has 0 saturated carbocycles. The lowest BCUT2D eigenvalue weighted by Gasteiger charge is -2.36. The number of hydrogen-bond acceptors (Lipinski definition) is 7. The number of esters is 1. The Balaban J connectivity index is 1.80. The molecular formula is C25H24N2O6. The molecule has 0 fully saturated rings. The van der Waals surface area contributed by atoms with Gasteiger partial charge in [-0.25, -0.2) is 0 Å². The molecule has 1 aliphatic carbocycles. The van der Waals surface area contributed by atoms with Crippen LogP contribution in [0.5, 0.6) is 5.75 Å². The van der Waals surface area contributed by atoms with Gasteiger partial charge in [0, 0.05) is 41.5 Å². The quantitative estimate of drug-likeness (QED) is 0.382. The summed E-state index contributed by atoms with van der Waals surface area (Å²) in [5.41, 5.74) is 3.03. The molecule has 2 aromatic carbocycles. The van der Waals surface area contributed by atoms with Crippen LogP contribution in [0.4, 0.5) is 5.69 Å². The van der Waals surface area contributed by atoms with Crippen molar-refractivity contribution in [3.63, 3.8) is 0 Å². The average molecular weight is 448 g/mol. The molecule has 2 aromatic rings. The van der Waals surface area contributed by atoms with Crippen molar-refractivity contribution in [1.82, 2.24) is 0 Å². The van der Waals surface area contributed by atoms with Crippen LogP contribution in [0.25, 0.3) is 0 Å². The summed E-state index contributed by atoms with van der Waals surface area (Å²) in [6.07, 6.45) is 0.795. The van der Waals surface area contributed by atoms with Crippen LogP contribution in [-0.2, 0) is 14.3 Å². The fourth-order valence-corrected chi connectivity index (χ4v) is 4.80. The third-order valence-electron chi connectivity index (χ3n) is 6.37. The first kappa shape index (κ1) is 22.4. The van der Waals surface area contributed by atoms with Crippen LogP contribution in [0.1, 0.15) is 42.7 Å².